The summed E-state index contributed by atoms with van der Waals surface area (Å²) in [6.07, 6.45) is -1.18. The third kappa shape index (κ3) is 5.11. The van der Waals surface area contributed by atoms with Gasteiger partial charge < -0.3 is 25.4 Å². The maximum Gasteiger partial charge on any atom is 0.291 e. The van der Waals surface area contributed by atoms with E-state index in [1.165, 1.54) is 0 Å². The van der Waals surface area contributed by atoms with Crippen molar-refractivity contribution in [2.45, 2.75) is 6.17 Å². The van der Waals surface area contributed by atoms with E-state index in [9.17, 15) is 4.79 Å². The van der Waals surface area contributed by atoms with Crippen LogP contribution in [0.2, 0.25) is 0 Å². The van der Waals surface area contributed by atoms with Crippen molar-refractivity contribution in [1.82, 2.24) is 0 Å². The quantitative estimate of drug-likeness (QED) is 0.389. The SMILES string of the molecule is N=C(O/C(N)=N/C1N=C(c2ccccc2)c2ccccc2NC1=O)c1cccc(N2CCOCC2)c1. The van der Waals surface area contributed by atoms with Crippen LogP contribution in [-0.2, 0) is 14.3 Å². The molecule has 36 heavy (non-hydrogen) atoms. The van der Waals surface area contributed by atoms with E-state index in [2.05, 4.69) is 20.2 Å². The summed E-state index contributed by atoms with van der Waals surface area (Å²) in [7, 11) is 0. The van der Waals surface area contributed by atoms with Crippen molar-refractivity contribution < 1.29 is 14.3 Å². The highest BCUT2D eigenvalue weighted by Gasteiger charge is 2.26. The zero-order valence-corrected chi connectivity index (χ0v) is 19.6. The number of hydrogen-bond donors (Lipinski definition) is 3. The van der Waals surface area contributed by atoms with E-state index >= 15 is 0 Å². The lowest BCUT2D eigenvalue weighted by Gasteiger charge is -2.29. The summed E-state index contributed by atoms with van der Waals surface area (Å²) in [4.78, 5) is 24.0. The van der Waals surface area contributed by atoms with Gasteiger partial charge in [-0.15, -0.1) is 0 Å². The Morgan fingerprint density at radius 3 is 2.61 bits per heavy atom. The number of nitrogens with one attached hydrogen (secondary N) is 2. The van der Waals surface area contributed by atoms with Gasteiger partial charge in [-0.3, -0.25) is 10.2 Å². The fourth-order valence-corrected chi connectivity index (χ4v) is 4.14. The van der Waals surface area contributed by atoms with Crippen molar-refractivity contribution in [1.29, 1.82) is 5.41 Å². The fourth-order valence-electron chi connectivity index (χ4n) is 4.14. The molecule has 4 N–H and O–H groups in total. The Kier molecular flexibility index (Phi) is 6.72. The maximum atomic E-state index is 13.0. The zero-order chi connectivity index (χ0) is 24.9. The highest BCUT2D eigenvalue weighted by Crippen LogP contribution is 2.24. The fraction of sp³-hybridized carbons (Fsp3) is 0.185. The van der Waals surface area contributed by atoms with E-state index in [-0.39, 0.29) is 11.9 Å². The number of anilines is 2. The number of carbonyl (C=O) groups excluding carboxylic acids is 1. The minimum Gasteiger partial charge on any atom is -0.407 e. The first-order valence-corrected chi connectivity index (χ1v) is 11.6. The van der Waals surface area contributed by atoms with Crippen LogP contribution in [0.1, 0.15) is 16.7 Å². The molecule has 9 heteroatoms. The summed E-state index contributed by atoms with van der Waals surface area (Å²) in [6.45, 7) is 2.89. The molecule has 1 fully saturated rings. The van der Waals surface area contributed by atoms with Crippen LogP contribution in [0.15, 0.2) is 88.8 Å². The number of amides is 1. The van der Waals surface area contributed by atoms with Crippen LogP contribution in [-0.4, -0.2) is 56.0 Å². The second-order valence-electron chi connectivity index (χ2n) is 8.30. The number of amidine groups is 1. The Balaban J connectivity index is 1.39. The predicted octanol–water partition coefficient (Wildman–Crippen LogP) is 3.00. The number of fused-ring (bicyclic) bond motifs is 1. The molecule has 9 nitrogen and oxygen atoms in total. The molecule has 1 atom stereocenters. The van der Waals surface area contributed by atoms with Gasteiger partial charge in [0.25, 0.3) is 11.9 Å². The van der Waals surface area contributed by atoms with Crippen LogP contribution in [0.3, 0.4) is 0 Å². The summed E-state index contributed by atoms with van der Waals surface area (Å²) in [5, 5.41) is 11.3. The Hall–Kier alpha value is -4.50. The molecule has 0 aliphatic carbocycles. The van der Waals surface area contributed by atoms with Gasteiger partial charge in [0.2, 0.25) is 12.1 Å². The van der Waals surface area contributed by atoms with Crippen molar-refractivity contribution >= 4 is 34.9 Å². The van der Waals surface area contributed by atoms with Gasteiger partial charge in [0.1, 0.15) is 0 Å². The topological polar surface area (TPSA) is 125 Å². The van der Waals surface area contributed by atoms with Gasteiger partial charge in [-0.25, -0.2) is 4.99 Å². The van der Waals surface area contributed by atoms with Gasteiger partial charge in [0.05, 0.1) is 24.6 Å². The third-order valence-corrected chi connectivity index (χ3v) is 5.91. The highest BCUT2D eigenvalue weighted by atomic mass is 16.5. The number of nitrogens with two attached hydrogens (primary N) is 1. The number of ether oxygens (including phenoxy) is 2. The largest absolute Gasteiger partial charge is 0.407 e. The van der Waals surface area contributed by atoms with Gasteiger partial charge in [-0.2, -0.15) is 4.99 Å². The minimum absolute atomic E-state index is 0.170. The highest BCUT2D eigenvalue weighted by molar-refractivity contribution is 6.19. The number of morpholine rings is 1. The van der Waals surface area contributed by atoms with Crippen LogP contribution in [0, 0.1) is 5.41 Å². The number of para-hydroxylation sites is 1. The van der Waals surface area contributed by atoms with Crippen LogP contribution >= 0.6 is 0 Å². The van der Waals surface area contributed by atoms with E-state index in [4.69, 9.17) is 20.6 Å². The second-order valence-corrected chi connectivity index (χ2v) is 8.30. The van der Waals surface area contributed by atoms with Crippen molar-refractivity contribution in [3.63, 3.8) is 0 Å². The molecule has 1 amide bonds. The zero-order valence-electron chi connectivity index (χ0n) is 19.6. The number of nitrogens with zero attached hydrogens (tertiary/aromatic N) is 3. The number of benzodiazepines with no additional fused rings is 1. The number of hydrogen-bond acceptors (Lipinski definition) is 7. The predicted molar refractivity (Wildman–Crippen MR) is 140 cm³/mol. The molecular weight excluding hydrogens is 456 g/mol. The molecule has 3 aromatic rings. The smallest absolute Gasteiger partial charge is 0.291 e. The Morgan fingerprint density at radius 1 is 1.06 bits per heavy atom. The van der Waals surface area contributed by atoms with Crippen LogP contribution in [0.25, 0.3) is 0 Å². The normalized spacial score (nSPS) is 17.9. The van der Waals surface area contributed by atoms with E-state index < -0.39 is 12.1 Å². The molecule has 5 rings (SSSR count). The van der Waals surface area contributed by atoms with E-state index in [1.807, 2.05) is 72.8 Å². The molecule has 182 valence electrons. The molecule has 1 unspecified atom stereocenters. The molecule has 0 saturated carbocycles. The third-order valence-electron chi connectivity index (χ3n) is 5.91. The number of carbonyl (C=O) groups is 1. The molecule has 2 aliphatic rings. The Bertz CT molecular complexity index is 1330. The maximum absolute atomic E-state index is 13.0. The summed E-state index contributed by atoms with van der Waals surface area (Å²) < 4.78 is 10.9. The molecule has 1 saturated heterocycles. The first kappa shape index (κ1) is 23.3. The van der Waals surface area contributed by atoms with Crippen LogP contribution in [0.5, 0.6) is 0 Å². The van der Waals surface area contributed by atoms with Crippen molar-refractivity contribution in [3.8, 4) is 0 Å². The molecule has 0 radical (unpaired) electrons. The average molecular weight is 483 g/mol. The Morgan fingerprint density at radius 2 is 1.81 bits per heavy atom. The van der Waals surface area contributed by atoms with Crippen molar-refractivity contribution in [2.75, 3.05) is 36.5 Å². The summed E-state index contributed by atoms with van der Waals surface area (Å²) in [5.41, 5.74) is 10.4. The van der Waals surface area contributed by atoms with E-state index in [1.54, 1.807) is 6.07 Å². The van der Waals surface area contributed by atoms with Crippen molar-refractivity contribution in [3.05, 3.63) is 95.6 Å². The minimum atomic E-state index is -1.18. The Labute approximate surface area is 208 Å². The lowest BCUT2D eigenvalue weighted by atomic mass is 10.0. The first-order chi connectivity index (χ1) is 17.6. The number of rotatable bonds is 4. The van der Waals surface area contributed by atoms with Gasteiger partial charge in [-0.1, -0.05) is 54.6 Å². The van der Waals surface area contributed by atoms with E-state index in [0.717, 1.165) is 29.9 Å². The van der Waals surface area contributed by atoms with Gasteiger partial charge in [0.15, 0.2) is 0 Å². The summed E-state index contributed by atoms with van der Waals surface area (Å²) >= 11 is 0. The van der Waals surface area contributed by atoms with Crippen molar-refractivity contribution in [2.24, 2.45) is 15.7 Å². The number of benzene rings is 3. The molecule has 3 aromatic carbocycles. The van der Waals surface area contributed by atoms with Crippen LogP contribution < -0.4 is 16.0 Å². The van der Waals surface area contributed by atoms with E-state index in [0.29, 0.717) is 30.2 Å². The molecule has 2 heterocycles. The van der Waals surface area contributed by atoms with Crippen LogP contribution in [0.4, 0.5) is 11.4 Å². The molecule has 0 spiro atoms. The average Bonchev–Trinajstić information content (AvgIpc) is 3.05. The second kappa shape index (κ2) is 10.4. The van der Waals surface area contributed by atoms with Gasteiger partial charge in [-0.05, 0) is 24.3 Å². The molecule has 0 aromatic heterocycles. The molecule has 2 aliphatic heterocycles. The molecular formula is C27H26N6O3. The first-order valence-electron chi connectivity index (χ1n) is 11.6. The summed E-state index contributed by atoms with van der Waals surface area (Å²) in [6, 6.07) is 24.1. The standard InChI is InChI=1S/C27H26N6O3/c28-24(19-9-6-10-20(17-19)33-13-15-35-16-14-33)36-27(29)32-25-26(34)30-22-12-5-4-11-21(22)23(31-25)18-7-2-1-3-8-18/h1-12,17,25,28H,13-16H2,(H2,29,32)(H,30,34). The lowest BCUT2D eigenvalue weighted by Crippen LogP contribution is -2.36. The monoisotopic (exact) mass is 482 g/mol. The molecule has 0 bridgehead atoms. The lowest BCUT2D eigenvalue weighted by molar-refractivity contribution is -0.117. The van der Waals surface area contributed by atoms with Gasteiger partial charge in [0, 0.05) is 35.5 Å². The number of aliphatic imine (C=N–C) groups is 2. The van der Waals surface area contributed by atoms with Gasteiger partial charge >= 0.3 is 0 Å². The summed E-state index contributed by atoms with van der Waals surface area (Å²) in [5.74, 6) is -0.614.